The van der Waals surface area contributed by atoms with Crippen LogP contribution in [0, 0.1) is 5.41 Å². The van der Waals surface area contributed by atoms with Crippen molar-refractivity contribution < 1.29 is 19.0 Å². The first-order chi connectivity index (χ1) is 8.47. The summed E-state index contributed by atoms with van der Waals surface area (Å²) in [5, 5.41) is 2.84. The fourth-order valence-electron chi connectivity index (χ4n) is 1.69. The first-order valence-corrected chi connectivity index (χ1v) is 5.68. The highest BCUT2D eigenvalue weighted by molar-refractivity contribution is 5.97. The standard InChI is InChI=1S/C13H17NO4/c1-13(2)7-18-9-6-11(17-4)10(16-3)5-8(9)14-12(13)15/h5-6H,7H2,1-4H3,(H,14,15). The minimum absolute atomic E-state index is 0.0755. The summed E-state index contributed by atoms with van der Waals surface area (Å²) < 4.78 is 16.1. The van der Waals surface area contributed by atoms with Gasteiger partial charge >= 0.3 is 0 Å². The Hall–Kier alpha value is -1.91. The number of fused-ring (bicyclic) bond motifs is 1. The first kappa shape index (κ1) is 12.5. The van der Waals surface area contributed by atoms with Crippen molar-refractivity contribution in [2.45, 2.75) is 13.8 Å². The number of benzene rings is 1. The molecule has 0 radical (unpaired) electrons. The van der Waals surface area contributed by atoms with E-state index in [4.69, 9.17) is 14.2 Å². The zero-order valence-electron chi connectivity index (χ0n) is 11.0. The maximum Gasteiger partial charge on any atom is 0.233 e. The Morgan fingerprint density at radius 1 is 1.22 bits per heavy atom. The van der Waals surface area contributed by atoms with Crippen LogP contribution in [0.25, 0.3) is 0 Å². The number of nitrogens with one attached hydrogen (secondary N) is 1. The van der Waals surface area contributed by atoms with Gasteiger partial charge in [-0.1, -0.05) is 0 Å². The molecule has 5 nitrogen and oxygen atoms in total. The smallest absolute Gasteiger partial charge is 0.233 e. The van der Waals surface area contributed by atoms with Gasteiger partial charge in [-0.25, -0.2) is 0 Å². The molecule has 1 aliphatic heterocycles. The van der Waals surface area contributed by atoms with Crippen molar-refractivity contribution in [2.24, 2.45) is 5.41 Å². The zero-order valence-corrected chi connectivity index (χ0v) is 11.0. The third-order valence-electron chi connectivity index (χ3n) is 2.94. The van der Waals surface area contributed by atoms with Crippen molar-refractivity contribution in [1.82, 2.24) is 0 Å². The fraction of sp³-hybridized carbons (Fsp3) is 0.462. The normalized spacial score (nSPS) is 17.0. The van der Waals surface area contributed by atoms with Gasteiger partial charge in [0.05, 0.1) is 25.3 Å². The predicted octanol–water partition coefficient (Wildman–Crippen LogP) is 2.06. The summed E-state index contributed by atoms with van der Waals surface area (Å²) in [6.07, 6.45) is 0. The number of ether oxygens (including phenoxy) is 3. The topological polar surface area (TPSA) is 56.8 Å². The van der Waals surface area contributed by atoms with Crippen LogP contribution in [0.4, 0.5) is 5.69 Å². The van der Waals surface area contributed by atoms with Crippen LogP contribution in [-0.2, 0) is 4.79 Å². The van der Waals surface area contributed by atoms with Gasteiger partial charge in [0.2, 0.25) is 5.91 Å². The molecular weight excluding hydrogens is 234 g/mol. The van der Waals surface area contributed by atoms with Crippen LogP contribution in [0.15, 0.2) is 12.1 Å². The van der Waals surface area contributed by atoms with Crippen LogP contribution in [-0.4, -0.2) is 26.7 Å². The summed E-state index contributed by atoms with van der Waals surface area (Å²) >= 11 is 0. The van der Waals surface area contributed by atoms with E-state index in [2.05, 4.69) is 5.32 Å². The molecule has 0 atom stereocenters. The molecule has 1 heterocycles. The molecule has 1 amide bonds. The molecule has 0 spiro atoms. The molecule has 1 aliphatic rings. The fourth-order valence-corrected chi connectivity index (χ4v) is 1.69. The van der Waals surface area contributed by atoms with Gasteiger partial charge in [0.15, 0.2) is 11.5 Å². The molecule has 0 unspecified atom stereocenters. The lowest BCUT2D eigenvalue weighted by atomic mass is 9.94. The van der Waals surface area contributed by atoms with E-state index < -0.39 is 5.41 Å². The number of anilines is 1. The van der Waals surface area contributed by atoms with Crippen molar-refractivity contribution >= 4 is 11.6 Å². The third-order valence-corrected chi connectivity index (χ3v) is 2.94. The molecule has 1 aromatic carbocycles. The summed E-state index contributed by atoms with van der Waals surface area (Å²) in [5.41, 5.74) is 0.0303. The molecule has 1 N–H and O–H groups in total. The molecule has 98 valence electrons. The Morgan fingerprint density at radius 3 is 2.44 bits per heavy atom. The molecule has 2 rings (SSSR count). The van der Waals surface area contributed by atoms with Crippen molar-refractivity contribution in [2.75, 3.05) is 26.1 Å². The van der Waals surface area contributed by atoms with Crippen LogP contribution in [0.3, 0.4) is 0 Å². The van der Waals surface area contributed by atoms with Gasteiger partial charge in [0.1, 0.15) is 12.4 Å². The highest BCUT2D eigenvalue weighted by atomic mass is 16.5. The van der Waals surface area contributed by atoms with Crippen molar-refractivity contribution in [1.29, 1.82) is 0 Å². The highest BCUT2D eigenvalue weighted by Gasteiger charge is 2.33. The second-order valence-electron chi connectivity index (χ2n) is 4.83. The number of hydrogen-bond donors (Lipinski definition) is 1. The maximum absolute atomic E-state index is 12.0. The van der Waals surface area contributed by atoms with E-state index in [1.165, 1.54) is 0 Å². The van der Waals surface area contributed by atoms with Gasteiger partial charge < -0.3 is 19.5 Å². The van der Waals surface area contributed by atoms with E-state index in [0.717, 1.165) is 0 Å². The van der Waals surface area contributed by atoms with E-state index in [1.807, 2.05) is 13.8 Å². The largest absolute Gasteiger partial charge is 0.493 e. The van der Waals surface area contributed by atoms with Gasteiger partial charge in [-0.3, -0.25) is 4.79 Å². The Bertz CT molecular complexity index is 482. The first-order valence-electron chi connectivity index (χ1n) is 5.68. The number of carbonyl (C=O) groups is 1. The Labute approximate surface area is 106 Å². The number of amides is 1. The van der Waals surface area contributed by atoms with Crippen LogP contribution >= 0.6 is 0 Å². The van der Waals surface area contributed by atoms with Crippen LogP contribution < -0.4 is 19.5 Å². The molecule has 0 bridgehead atoms. The predicted molar refractivity (Wildman–Crippen MR) is 67.5 cm³/mol. The SMILES string of the molecule is COc1cc2c(cc1OC)OCC(C)(C)C(=O)N2. The highest BCUT2D eigenvalue weighted by Crippen LogP contribution is 2.40. The van der Waals surface area contributed by atoms with Gasteiger partial charge in [-0.2, -0.15) is 0 Å². The van der Waals surface area contributed by atoms with E-state index in [0.29, 0.717) is 29.5 Å². The van der Waals surface area contributed by atoms with Crippen molar-refractivity contribution in [3.63, 3.8) is 0 Å². The Balaban J connectivity index is 2.45. The van der Waals surface area contributed by atoms with Gasteiger partial charge in [-0.15, -0.1) is 0 Å². The lowest BCUT2D eigenvalue weighted by Gasteiger charge is -2.18. The second-order valence-corrected chi connectivity index (χ2v) is 4.83. The number of hydrogen-bond acceptors (Lipinski definition) is 4. The summed E-state index contributed by atoms with van der Waals surface area (Å²) in [5.74, 6) is 1.64. The van der Waals surface area contributed by atoms with E-state index >= 15 is 0 Å². The number of methoxy groups -OCH3 is 2. The van der Waals surface area contributed by atoms with Crippen molar-refractivity contribution in [3.8, 4) is 17.2 Å². The average molecular weight is 251 g/mol. The van der Waals surface area contributed by atoms with E-state index in [9.17, 15) is 4.79 Å². The van der Waals surface area contributed by atoms with E-state index in [1.54, 1.807) is 26.4 Å². The molecule has 5 heteroatoms. The average Bonchev–Trinajstić information content (AvgIpc) is 2.46. The number of carbonyl (C=O) groups excluding carboxylic acids is 1. The monoisotopic (exact) mass is 251 g/mol. The van der Waals surface area contributed by atoms with Gasteiger partial charge in [0.25, 0.3) is 0 Å². The second kappa shape index (κ2) is 4.40. The van der Waals surface area contributed by atoms with Crippen LogP contribution in [0.5, 0.6) is 17.2 Å². The molecule has 0 aromatic heterocycles. The molecule has 1 aromatic rings. The molecule has 0 saturated carbocycles. The molecular formula is C13H17NO4. The number of rotatable bonds is 2. The molecule has 18 heavy (non-hydrogen) atoms. The van der Waals surface area contributed by atoms with Crippen LogP contribution in [0.1, 0.15) is 13.8 Å². The Kier molecular flexibility index (Phi) is 3.07. The summed E-state index contributed by atoms with van der Waals surface area (Å²) in [6.45, 7) is 3.99. The van der Waals surface area contributed by atoms with E-state index in [-0.39, 0.29) is 5.91 Å². The molecule has 0 fully saturated rings. The molecule has 0 aliphatic carbocycles. The summed E-state index contributed by atoms with van der Waals surface area (Å²) in [7, 11) is 3.11. The quantitative estimate of drug-likeness (QED) is 0.874. The third kappa shape index (κ3) is 2.08. The summed E-state index contributed by atoms with van der Waals surface area (Å²) in [4.78, 5) is 12.0. The van der Waals surface area contributed by atoms with Gasteiger partial charge in [0, 0.05) is 12.1 Å². The zero-order chi connectivity index (χ0) is 13.3. The van der Waals surface area contributed by atoms with Gasteiger partial charge in [-0.05, 0) is 13.8 Å². The van der Waals surface area contributed by atoms with Crippen LogP contribution in [0.2, 0.25) is 0 Å². The summed E-state index contributed by atoms with van der Waals surface area (Å²) in [6, 6.07) is 3.42. The lowest BCUT2D eigenvalue weighted by molar-refractivity contribution is -0.124. The lowest BCUT2D eigenvalue weighted by Crippen LogP contribution is -2.33. The Morgan fingerprint density at radius 2 is 1.83 bits per heavy atom. The minimum atomic E-state index is -0.570. The molecule has 0 saturated heterocycles. The minimum Gasteiger partial charge on any atom is -0.493 e. The van der Waals surface area contributed by atoms with Crippen molar-refractivity contribution in [3.05, 3.63) is 12.1 Å². The maximum atomic E-state index is 12.0.